The normalized spacial score (nSPS) is 23.6. The van der Waals surface area contributed by atoms with Gasteiger partial charge in [0.05, 0.1) is 12.8 Å². The molecular formula is C29H30N4O2. The Morgan fingerprint density at radius 3 is 2.57 bits per heavy atom. The molecule has 2 fully saturated rings. The van der Waals surface area contributed by atoms with Gasteiger partial charge in [0.2, 0.25) is 5.91 Å². The molecule has 3 aromatic rings. The average Bonchev–Trinajstić information content (AvgIpc) is 3.57. The van der Waals surface area contributed by atoms with Crippen molar-refractivity contribution < 1.29 is 9.53 Å². The van der Waals surface area contributed by atoms with Gasteiger partial charge in [-0.15, -0.1) is 0 Å². The number of carbonyl (C=O) groups is 1. The summed E-state index contributed by atoms with van der Waals surface area (Å²) in [5.41, 5.74) is 4.09. The van der Waals surface area contributed by atoms with E-state index < -0.39 is 0 Å². The molecule has 2 aliphatic carbocycles. The minimum Gasteiger partial charge on any atom is -0.497 e. The van der Waals surface area contributed by atoms with Crippen molar-refractivity contribution in [3.8, 4) is 28.3 Å². The summed E-state index contributed by atoms with van der Waals surface area (Å²) >= 11 is 0. The van der Waals surface area contributed by atoms with Crippen molar-refractivity contribution in [2.45, 2.75) is 31.6 Å². The summed E-state index contributed by atoms with van der Waals surface area (Å²) in [4.78, 5) is 29.3. The predicted octanol–water partition coefficient (Wildman–Crippen LogP) is 5.13. The van der Waals surface area contributed by atoms with E-state index in [1.165, 1.54) is 0 Å². The Morgan fingerprint density at radius 1 is 1.03 bits per heavy atom. The van der Waals surface area contributed by atoms with E-state index >= 15 is 0 Å². The lowest BCUT2D eigenvalue weighted by molar-refractivity contribution is -0.137. The topological polar surface area (TPSA) is 68.2 Å². The molecule has 0 spiro atoms. The predicted molar refractivity (Wildman–Crippen MR) is 135 cm³/mol. The highest BCUT2D eigenvalue weighted by Gasteiger charge is 2.42. The number of hydrogen-bond acceptors (Lipinski definition) is 5. The molecule has 1 saturated carbocycles. The minimum atomic E-state index is 0.186. The van der Waals surface area contributed by atoms with Crippen molar-refractivity contribution in [2.24, 2.45) is 17.8 Å². The molecule has 1 saturated heterocycles. The van der Waals surface area contributed by atoms with Crippen LogP contribution < -0.4 is 4.74 Å². The Hall–Kier alpha value is -3.54. The van der Waals surface area contributed by atoms with Gasteiger partial charge in [-0.2, -0.15) is 0 Å². The maximum atomic E-state index is 13.3. The van der Waals surface area contributed by atoms with E-state index in [0.717, 1.165) is 66.9 Å². The van der Waals surface area contributed by atoms with E-state index in [0.29, 0.717) is 23.6 Å². The standard InChI is InChI=1S/C29H30N4O2/c1-35-24-4-2-3-22(17-24)26-18-31-28(21-7-11-30-12-8-21)32-27(26)20-9-13-33(14-10-20)29(34)25-16-19-5-6-23(25)15-19/h2-8,11-12,17-20,23,25H,9-10,13-16H2,1H3/t19-,23+,25+/m1/s1. The zero-order chi connectivity index (χ0) is 23.8. The summed E-state index contributed by atoms with van der Waals surface area (Å²) in [5, 5.41) is 0. The number of likely N-dealkylation sites (tertiary alicyclic amines) is 1. The lowest BCUT2D eigenvalue weighted by Crippen LogP contribution is -2.42. The lowest BCUT2D eigenvalue weighted by Gasteiger charge is -2.35. The first kappa shape index (κ1) is 22.0. The van der Waals surface area contributed by atoms with Crippen LogP contribution >= 0.6 is 0 Å². The number of benzene rings is 1. The molecule has 3 atom stereocenters. The molecular weight excluding hydrogens is 436 g/mol. The van der Waals surface area contributed by atoms with Gasteiger partial charge >= 0.3 is 0 Å². The number of ether oxygens (including phenoxy) is 1. The van der Waals surface area contributed by atoms with Gasteiger partial charge in [-0.25, -0.2) is 9.97 Å². The van der Waals surface area contributed by atoms with Crippen molar-refractivity contribution in [1.29, 1.82) is 0 Å². The molecule has 0 unspecified atom stereocenters. The van der Waals surface area contributed by atoms with Crippen molar-refractivity contribution >= 4 is 5.91 Å². The van der Waals surface area contributed by atoms with Gasteiger partial charge in [0.1, 0.15) is 5.75 Å². The highest BCUT2D eigenvalue weighted by Crippen LogP contribution is 2.45. The quantitative estimate of drug-likeness (QED) is 0.488. The molecule has 3 aliphatic rings. The van der Waals surface area contributed by atoms with Gasteiger partial charge in [-0.1, -0.05) is 24.3 Å². The number of methoxy groups -OCH3 is 1. The molecule has 6 nitrogen and oxygen atoms in total. The first-order chi connectivity index (χ1) is 17.2. The highest BCUT2D eigenvalue weighted by atomic mass is 16.5. The van der Waals surface area contributed by atoms with Crippen LogP contribution in [0.5, 0.6) is 5.75 Å². The van der Waals surface area contributed by atoms with Gasteiger partial charge in [-0.05, 0) is 67.3 Å². The molecule has 2 bridgehead atoms. The van der Waals surface area contributed by atoms with E-state index in [-0.39, 0.29) is 11.8 Å². The van der Waals surface area contributed by atoms with Crippen LogP contribution in [0.25, 0.3) is 22.5 Å². The fourth-order valence-electron chi connectivity index (χ4n) is 6.03. The average molecular weight is 467 g/mol. The van der Waals surface area contributed by atoms with E-state index in [2.05, 4.69) is 28.1 Å². The Bertz CT molecular complexity index is 1250. The van der Waals surface area contributed by atoms with Crippen LogP contribution in [-0.4, -0.2) is 46.0 Å². The summed E-state index contributed by atoms with van der Waals surface area (Å²) in [7, 11) is 1.68. The van der Waals surface area contributed by atoms with E-state index in [1.54, 1.807) is 19.5 Å². The number of fused-ring (bicyclic) bond motifs is 2. The summed E-state index contributed by atoms with van der Waals surface area (Å²) in [6, 6.07) is 11.9. The molecule has 35 heavy (non-hydrogen) atoms. The van der Waals surface area contributed by atoms with Crippen molar-refractivity contribution in [1.82, 2.24) is 19.9 Å². The van der Waals surface area contributed by atoms with Crippen LogP contribution in [0.15, 0.2) is 67.1 Å². The highest BCUT2D eigenvalue weighted by molar-refractivity contribution is 5.80. The monoisotopic (exact) mass is 466 g/mol. The van der Waals surface area contributed by atoms with E-state index in [1.807, 2.05) is 36.5 Å². The fraction of sp³-hybridized carbons (Fsp3) is 0.379. The third-order valence-electron chi connectivity index (χ3n) is 7.93. The number of hydrogen-bond donors (Lipinski definition) is 0. The molecule has 2 aromatic heterocycles. The van der Waals surface area contributed by atoms with E-state index in [9.17, 15) is 4.79 Å². The van der Waals surface area contributed by atoms with Gasteiger partial charge in [0.25, 0.3) is 0 Å². The fourth-order valence-corrected chi connectivity index (χ4v) is 6.03. The zero-order valence-electron chi connectivity index (χ0n) is 20.0. The molecule has 1 aromatic carbocycles. The van der Waals surface area contributed by atoms with Gasteiger partial charge in [-0.3, -0.25) is 9.78 Å². The van der Waals surface area contributed by atoms with Crippen LogP contribution in [-0.2, 0) is 4.79 Å². The molecule has 3 heterocycles. The lowest BCUT2D eigenvalue weighted by atomic mass is 9.87. The second kappa shape index (κ2) is 9.25. The largest absolute Gasteiger partial charge is 0.497 e. The minimum absolute atomic E-state index is 0.186. The van der Waals surface area contributed by atoms with Crippen molar-refractivity contribution in [3.05, 3.63) is 72.8 Å². The zero-order valence-corrected chi connectivity index (χ0v) is 20.0. The number of rotatable bonds is 5. The first-order valence-electron chi connectivity index (χ1n) is 12.6. The second-order valence-corrected chi connectivity index (χ2v) is 9.95. The molecule has 1 amide bonds. The van der Waals surface area contributed by atoms with Crippen LogP contribution in [0.1, 0.15) is 37.3 Å². The molecule has 0 radical (unpaired) electrons. The van der Waals surface area contributed by atoms with Crippen molar-refractivity contribution in [2.75, 3.05) is 20.2 Å². The molecule has 0 N–H and O–H groups in total. The summed E-state index contributed by atoms with van der Waals surface area (Å²) in [6.07, 6.45) is 14.1. The van der Waals surface area contributed by atoms with Crippen molar-refractivity contribution in [3.63, 3.8) is 0 Å². The van der Waals surface area contributed by atoms with Gasteiger partial charge < -0.3 is 9.64 Å². The Kier molecular flexibility index (Phi) is 5.80. The Labute approximate surface area is 206 Å². The smallest absolute Gasteiger partial charge is 0.226 e. The Morgan fingerprint density at radius 2 is 1.86 bits per heavy atom. The third kappa shape index (κ3) is 4.22. The maximum Gasteiger partial charge on any atom is 0.226 e. The first-order valence-corrected chi connectivity index (χ1v) is 12.6. The summed E-state index contributed by atoms with van der Waals surface area (Å²) in [6.45, 7) is 1.57. The second-order valence-electron chi connectivity index (χ2n) is 9.95. The maximum absolute atomic E-state index is 13.3. The molecule has 1 aliphatic heterocycles. The SMILES string of the molecule is COc1cccc(-c2cnc(-c3ccncc3)nc2C2CCN(C(=O)[C@H]3C[C@@H]4C=C[C@H]3C4)CC2)c1. The number of nitrogens with zero attached hydrogens (tertiary/aromatic N) is 4. The van der Waals surface area contributed by atoms with Crippen LogP contribution in [0.2, 0.25) is 0 Å². The number of carbonyl (C=O) groups excluding carboxylic acids is 1. The van der Waals surface area contributed by atoms with Gasteiger partial charge in [0, 0.05) is 54.6 Å². The molecule has 6 rings (SSSR count). The third-order valence-corrected chi connectivity index (χ3v) is 7.93. The van der Waals surface area contributed by atoms with Crippen LogP contribution in [0, 0.1) is 17.8 Å². The number of amides is 1. The van der Waals surface area contributed by atoms with E-state index in [4.69, 9.17) is 14.7 Å². The molecule has 178 valence electrons. The molecule has 6 heteroatoms. The summed E-state index contributed by atoms with van der Waals surface area (Å²) in [5.74, 6) is 3.40. The number of pyridine rings is 1. The van der Waals surface area contributed by atoms with Crippen LogP contribution in [0.4, 0.5) is 0 Å². The number of allylic oxidation sites excluding steroid dienone is 2. The number of piperidine rings is 1. The Balaban J connectivity index is 1.27. The van der Waals surface area contributed by atoms with Gasteiger partial charge in [0.15, 0.2) is 5.82 Å². The summed E-state index contributed by atoms with van der Waals surface area (Å²) < 4.78 is 5.47. The number of aromatic nitrogens is 3. The van der Waals surface area contributed by atoms with Crippen LogP contribution in [0.3, 0.4) is 0 Å².